The summed E-state index contributed by atoms with van der Waals surface area (Å²) >= 11 is 0. The molecule has 6 nitrogen and oxygen atoms in total. The second kappa shape index (κ2) is 5.45. The Labute approximate surface area is 118 Å². The molecule has 1 aromatic heterocycles. The number of aromatic nitrogens is 2. The van der Waals surface area contributed by atoms with Gasteiger partial charge in [-0.2, -0.15) is 0 Å². The molecule has 1 heterocycles. The Morgan fingerprint density at radius 3 is 2.40 bits per heavy atom. The molecule has 0 saturated heterocycles. The molecule has 0 atom stereocenters. The van der Waals surface area contributed by atoms with E-state index in [9.17, 15) is 9.59 Å². The SMILES string of the molecule is C#CC(C)(C)Nc1c(N)n(CC(C)C)c(=O)n(C)c1=O. The van der Waals surface area contributed by atoms with Crippen molar-refractivity contribution in [2.45, 2.75) is 39.8 Å². The highest BCUT2D eigenvalue weighted by atomic mass is 16.2. The van der Waals surface area contributed by atoms with Crippen molar-refractivity contribution in [3.05, 3.63) is 20.8 Å². The Bertz CT molecular complexity index is 659. The number of hydrogen-bond acceptors (Lipinski definition) is 4. The van der Waals surface area contributed by atoms with Gasteiger partial charge in [-0.05, 0) is 19.8 Å². The number of hydrogen-bond donors (Lipinski definition) is 2. The lowest BCUT2D eigenvalue weighted by Crippen LogP contribution is -2.43. The van der Waals surface area contributed by atoms with Gasteiger partial charge in [0.15, 0.2) is 0 Å². The molecule has 110 valence electrons. The van der Waals surface area contributed by atoms with Crippen molar-refractivity contribution >= 4 is 11.5 Å². The van der Waals surface area contributed by atoms with Gasteiger partial charge in [0, 0.05) is 13.6 Å². The Morgan fingerprint density at radius 1 is 1.40 bits per heavy atom. The highest BCUT2D eigenvalue weighted by Gasteiger charge is 2.21. The maximum Gasteiger partial charge on any atom is 0.332 e. The number of nitrogen functional groups attached to an aromatic ring is 1. The lowest BCUT2D eigenvalue weighted by molar-refractivity contribution is 0.493. The summed E-state index contributed by atoms with van der Waals surface area (Å²) in [4.78, 5) is 24.3. The molecule has 0 unspecified atom stereocenters. The largest absolute Gasteiger partial charge is 0.383 e. The van der Waals surface area contributed by atoms with Crippen LogP contribution in [0.5, 0.6) is 0 Å². The first-order chi connectivity index (χ1) is 9.10. The zero-order valence-electron chi connectivity index (χ0n) is 12.7. The lowest BCUT2D eigenvalue weighted by atomic mass is 10.1. The number of nitrogens with two attached hydrogens (primary N) is 1. The number of rotatable bonds is 4. The Morgan fingerprint density at radius 2 is 1.95 bits per heavy atom. The van der Waals surface area contributed by atoms with Crippen LogP contribution in [0.4, 0.5) is 11.5 Å². The zero-order chi connectivity index (χ0) is 15.7. The van der Waals surface area contributed by atoms with Crippen LogP contribution >= 0.6 is 0 Å². The molecule has 0 fully saturated rings. The van der Waals surface area contributed by atoms with Gasteiger partial charge in [-0.3, -0.25) is 13.9 Å². The van der Waals surface area contributed by atoms with Gasteiger partial charge >= 0.3 is 5.69 Å². The second-order valence-electron chi connectivity index (χ2n) is 5.81. The van der Waals surface area contributed by atoms with E-state index in [1.165, 1.54) is 11.6 Å². The zero-order valence-corrected chi connectivity index (χ0v) is 12.7. The van der Waals surface area contributed by atoms with E-state index in [1.807, 2.05) is 13.8 Å². The minimum Gasteiger partial charge on any atom is -0.383 e. The summed E-state index contributed by atoms with van der Waals surface area (Å²) in [7, 11) is 1.43. The Balaban J connectivity index is 3.54. The fourth-order valence-electron chi connectivity index (χ4n) is 1.79. The Hall–Kier alpha value is -2.16. The molecule has 3 N–H and O–H groups in total. The van der Waals surface area contributed by atoms with Crippen LogP contribution in [0.1, 0.15) is 27.7 Å². The number of nitrogens with zero attached hydrogens (tertiary/aromatic N) is 2. The first kappa shape index (κ1) is 15.9. The van der Waals surface area contributed by atoms with Gasteiger partial charge in [0.25, 0.3) is 5.56 Å². The summed E-state index contributed by atoms with van der Waals surface area (Å²) in [5.41, 5.74) is 4.51. The van der Waals surface area contributed by atoms with Crippen LogP contribution in [-0.2, 0) is 13.6 Å². The van der Waals surface area contributed by atoms with Gasteiger partial charge in [0.1, 0.15) is 11.5 Å². The first-order valence-electron chi connectivity index (χ1n) is 6.46. The van der Waals surface area contributed by atoms with Gasteiger partial charge in [0.2, 0.25) is 0 Å². The predicted octanol–water partition coefficient (Wildman–Crippen LogP) is 0.609. The summed E-state index contributed by atoms with van der Waals surface area (Å²) in [5.74, 6) is 2.88. The highest BCUT2D eigenvalue weighted by Crippen LogP contribution is 2.17. The molecular weight excluding hydrogens is 256 g/mol. The maximum atomic E-state index is 12.2. The van der Waals surface area contributed by atoms with Crippen molar-refractivity contribution in [2.24, 2.45) is 13.0 Å². The summed E-state index contributed by atoms with van der Waals surface area (Å²) in [5, 5.41) is 2.93. The average molecular weight is 278 g/mol. The molecule has 0 spiro atoms. The van der Waals surface area contributed by atoms with E-state index in [0.29, 0.717) is 6.54 Å². The number of anilines is 2. The predicted molar refractivity (Wildman–Crippen MR) is 81.7 cm³/mol. The molecule has 0 aliphatic heterocycles. The van der Waals surface area contributed by atoms with E-state index >= 15 is 0 Å². The normalized spacial score (nSPS) is 11.4. The van der Waals surface area contributed by atoms with E-state index < -0.39 is 16.8 Å². The third-order valence-electron chi connectivity index (χ3n) is 2.93. The molecule has 0 saturated carbocycles. The lowest BCUT2D eigenvalue weighted by Gasteiger charge is -2.24. The smallest absolute Gasteiger partial charge is 0.332 e. The molecule has 1 rings (SSSR count). The van der Waals surface area contributed by atoms with Crippen LogP contribution in [0.3, 0.4) is 0 Å². The van der Waals surface area contributed by atoms with Gasteiger partial charge in [-0.15, -0.1) is 6.42 Å². The van der Waals surface area contributed by atoms with Crippen LogP contribution in [-0.4, -0.2) is 14.7 Å². The molecule has 0 radical (unpaired) electrons. The van der Waals surface area contributed by atoms with Crippen molar-refractivity contribution in [3.8, 4) is 12.3 Å². The van der Waals surface area contributed by atoms with Crippen molar-refractivity contribution < 1.29 is 0 Å². The third-order valence-corrected chi connectivity index (χ3v) is 2.93. The maximum absolute atomic E-state index is 12.2. The van der Waals surface area contributed by atoms with Gasteiger partial charge < -0.3 is 11.1 Å². The third kappa shape index (κ3) is 3.05. The van der Waals surface area contributed by atoms with E-state index in [4.69, 9.17) is 12.2 Å². The van der Waals surface area contributed by atoms with Crippen LogP contribution in [0, 0.1) is 18.3 Å². The highest BCUT2D eigenvalue weighted by molar-refractivity contribution is 5.62. The first-order valence-corrected chi connectivity index (χ1v) is 6.46. The number of terminal acetylenes is 1. The minimum absolute atomic E-state index is 0.120. The van der Waals surface area contributed by atoms with E-state index in [-0.39, 0.29) is 17.4 Å². The van der Waals surface area contributed by atoms with E-state index in [2.05, 4.69) is 11.2 Å². The monoisotopic (exact) mass is 278 g/mol. The molecule has 0 aliphatic rings. The summed E-state index contributed by atoms with van der Waals surface area (Å²) < 4.78 is 2.43. The molecular formula is C14H22N4O2. The fraction of sp³-hybridized carbons (Fsp3) is 0.571. The molecule has 0 aliphatic carbocycles. The van der Waals surface area contributed by atoms with Crippen LogP contribution in [0.25, 0.3) is 0 Å². The molecule has 0 aromatic carbocycles. The quantitative estimate of drug-likeness (QED) is 0.791. The van der Waals surface area contributed by atoms with Gasteiger partial charge in [0.05, 0.1) is 5.54 Å². The summed E-state index contributed by atoms with van der Waals surface area (Å²) in [6.45, 7) is 7.88. The summed E-state index contributed by atoms with van der Waals surface area (Å²) in [6, 6.07) is 0. The van der Waals surface area contributed by atoms with Crippen molar-refractivity contribution in [1.29, 1.82) is 0 Å². The van der Waals surface area contributed by atoms with Gasteiger partial charge in [-0.1, -0.05) is 19.8 Å². The molecule has 6 heteroatoms. The average Bonchev–Trinajstić information content (AvgIpc) is 2.37. The fourth-order valence-corrected chi connectivity index (χ4v) is 1.79. The standard InChI is InChI=1S/C14H22N4O2/c1-7-14(4,5)16-10-11(15)18(8-9(2)3)13(20)17(6)12(10)19/h1,9,16H,8,15H2,2-6H3. The molecule has 20 heavy (non-hydrogen) atoms. The van der Waals surface area contributed by atoms with Crippen LogP contribution in [0.2, 0.25) is 0 Å². The number of nitrogens with one attached hydrogen (secondary N) is 1. The molecule has 0 amide bonds. The summed E-state index contributed by atoms with van der Waals surface area (Å²) in [6.07, 6.45) is 5.41. The van der Waals surface area contributed by atoms with Crippen LogP contribution in [0.15, 0.2) is 9.59 Å². The van der Waals surface area contributed by atoms with E-state index in [0.717, 1.165) is 4.57 Å². The minimum atomic E-state index is -0.736. The van der Waals surface area contributed by atoms with Gasteiger partial charge in [-0.25, -0.2) is 4.79 Å². The van der Waals surface area contributed by atoms with Crippen molar-refractivity contribution in [1.82, 2.24) is 9.13 Å². The topological polar surface area (TPSA) is 82.0 Å². The van der Waals surface area contributed by atoms with Crippen molar-refractivity contribution in [3.63, 3.8) is 0 Å². The Kier molecular flexibility index (Phi) is 4.33. The molecule has 1 aromatic rings. The second-order valence-corrected chi connectivity index (χ2v) is 5.81. The van der Waals surface area contributed by atoms with E-state index in [1.54, 1.807) is 13.8 Å². The molecule has 0 bridgehead atoms. The van der Waals surface area contributed by atoms with Crippen molar-refractivity contribution in [2.75, 3.05) is 11.1 Å². The van der Waals surface area contributed by atoms with Crippen LogP contribution < -0.4 is 22.3 Å².